The Morgan fingerprint density at radius 1 is 1.08 bits per heavy atom. The number of rotatable bonds is 10. The molecule has 0 saturated carbocycles. The second-order valence-corrected chi connectivity index (χ2v) is 11.4. The predicted molar refractivity (Wildman–Crippen MR) is 143 cm³/mol. The fourth-order valence-corrected chi connectivity index (χ4v) is 5.94. The molecule has 2 saturated heterocycles. The van der Waals surface area contributed by atoms with E-state index in [4.69, 9.17) is 0 Å². The molecular formula is C29H40N6O. The van der Waals surface area contributed by atoms with Crippen molar-refractivity contribution in [1.82, 2.24) is 24.7 Å². The molecule has 36 heavy (non-hydrogen) atoms. The van der Waals surface area contributed by atoms with Crippen LogP contribution in [0.1, 0.15) is 56.5 Å². The third-order valence-corrected chi connectivity index (χ3v) is 7.80. The van der Waals surface area contributed by atoms with Crippen molar-refractivity contribution < 1.29 is 4.79 Å². The lowest BCUT2D eigenvalue weighted by molar-refractivity contribution is -0.128. The Morgan fingerprint density at radius 3 is 2.53 bits per heavy atom. The van der Waals surface area contributed by atoms with Crippen LogP contribution in [0.4, 0.5) is 0 Å². The molecule has 0 radical (unpaired) electrons. The van der Waals surface area contributed by atoms with Gasteiger partial charge < -0.3 is 14.8 Å². The number of piperidine rings is 1. The van der Waals surface area contributed by atoms with Gasteiger partial charge in [0, 0.05) is 69.9 Å². The maximum atomic E-state index is 12.9. The summed E-state index contributed by atoms with van der Waals surface area (Å²) in [5.74, 6) is 2.00. The van der Waals surface area contributed by atoms with E-state index in [1.54, 1.807) is 6.20 Å². The quantitative estimate of drug-likeness (QED) is 0.543. The Kier molecular flexibility index (Phi) is 7.67. The Balaban J connectivity index is 1.16. The number of H-pyrrole nitrogens is 1. The average Bonchev–Trinajstić information content (AvgIpc) is 3.60. The molecule has 0 aliphatic carbocycles. The number of nitrogens with one attached hydrogen (secondary N) is 1. The van der Waals surface area contributed by atoms with Gasteiger partial charge in [-0.15, -0.1) is 0 Å². The number of aliphatic imine (C=N–C) groups is 1. The van der Waals surface area contributed by atoms with E-state index in [1.165, 1.54) is 23.4 Å². The van der Waals surface area contributed by atoms with E-state index in [1.807, 2.05) is 12.4 Å². The van der Waals surface area contributed by atoms with E-state index in [2.05, 4.69) is 73.8 Å². The summed E-state index contributed by atoms with van der Waals surface area (Å²) in [7, 11) is 0. The molecule has 192 valence electrons. The van der Waals surface area contributed by atoms with E-state index < -0.39 is 0 Å². The summed E-state index contributed by atoms with van der Waals surface area (Å²) < 4.78 is 0. The molecule has 1 aromatic heterocycles. The molecule has 5 rings (SSSR count). The third-order valence-electron chi connectivity index (χ3n) is 7.80. The predicted octanol–water partition coefficient (Wildman–Crippen LogP) is 4.24. The number of carbonyl (C=O) groups is 1. The van der Waals surface area contributed by atoms with Gasteiger partial charge in [-0.2, -0.15) is 0 Å². The highest BCUT2D eigenvalue weighted by Crippen LogP contribution is 2.41. The highest BCUT2D eigenvalue weighted by atomic mass is 16.2. The molecule has 2 aromatic rings. The Labute approximate surface area is 215 Å². The van der Waals surface area contributed by atoms with Gasteiger partial charge in [0.1, 0.15) is 5.82 Å². The zero-order chi connectivity index (χ0) is 25.0. The van der Waals surface area contributed by atoms with Crippen molar-refractivity contribution in [2.75, 3.05) is 32.7 Å². The number of carbonyl (C=O) groups excluding carboxylic acids is 1. The molecule has 1 spiro atoms. The molecule has 3 aliphatic rings. The lowest BCUT2D eigenvalue weighted by Crippen LogP contribution is -2.42. The van der Waals surface area contributed by atoms with Crippen molar-refractivity contribution in [3.63, 3.8) is 0 Å². The van der Waals surface area contributed by atoms with Gasteiger partial charge in [-0.05, 0) is 48.4 Å². The Hall–Kier alpha value is -2.77. The van der Waals surface area contributed by atoms with Crippen molar-refractivity contribution >= 4 is 11.6 Å². The minimum Gasteiger partial charge on any atom is -0.348 e. The van der Waals surface area contributed by atoms with Crippen LogP contribution in [0.5, 0.6) is 0 Å². The second kappa shape index (κ2) is 11.1. The molecular weight excluding hydrogens is 448 g/mol. The average molecular weight is 489 g/mol. The number of imidazole rings is 1. The van der Waals surface area contributed by atoms with E-state index in [0.717, 1.165) is 77.3 Å². The van der Waals surface area contributed by atoms with Gasteiger partial charge in [-0.3, -0.25) is 14.7 Å². The summed E-state index contributed by atoms with van der Waals surface area (Å²) in [6.07, 6.45) is 11.6. The van der Waals surface area contributed by atoms with E-state index in [9.17, 15) is 4.79 Å². The number of hydrogen-bond donors (Lipinski definition) is 1. The zero-order valence-corrected chi connectivity index (χ0v) is 21.8. The van der Waals surface area contributed by atoms with Crippen LogP contribution >= 0.6 is 0 Å². The zero-order valence-electron chi connectivity index (χ0n) is 21.8. The summed E-state index contributed by atoms with van der Waals surface area (Å²) in [5.41, 5.74) is 3.85. The van der Waals surface area contributed by atoms with Crippen LogP contribution in [0.25, 0.3) is 0 Å². The number of benzene rings is 1. The first kappa shape index (κ1) is 24.9. The monoisotopic (exact) mass is 488 g/mol. The number of nitrogens with zero attached hydrogens (tertiary/aromatic N) is 5. The van der Waals surface area contributed by atoms with E-state index in [0.29, 0.717) is 11.8 Å². The van der Waals surface area contributed by atoms with Crippen LogP contribution in [-0.2, 0) is 24.4 Å². The molecule has 0 bridgehead atoms. The maximum Gasteiger partial charge on any atom is 0.223 e. The summed E-state index contributed by atoms with van der Waals surface area (Å²) in [6, 6.07) is 8.80. The topological polar surface area (TPSA) is 67.8 Å². The normalized spacial score (nSPS) is 19.8. The number of aromatic amines is 1. The summed E-state index contributed by atoms with van der Waals surface area (Å²) in [4.78, 5) is 32.1. The molecule has 0 unspecified atom stereocenters. The lowest BCUT2D eigenvalue weighted by atomic mass is 9.77. The molecule has 7 heteroatoms. The van der Waals surface area contributed by atoms with Gasteiger partial charge in [-0.25, -0.2) is 4.98 Å². The number of hydrogen-bond acceptors (Lipinski definition) is 5. The number of amides is 1. The van der Waals surface area contributed by atoms with Crippen molar-refractivity contribution in [1.29, 1.82) is 0 Å². The molecule has 2 fully saturated rings. The fourth-order valence-electron chi connectivity index (χ4n) is 5.94. The number of likely N-dealkylation sites (tertiary alicyclic amines) is 2. The first-order valence-corrected chi connectivity index (χ1v) is 13.5. The number of aromatic nitrogens is 2. The summed E-state index contributed by atoms with van der Waals surface area (Å²) >= 11 is 0. The van der Waals surface area contributed by atoms with Gasteiger partial charge in [0.05, 0.1) is 6.54 Å². The van der Waals surface area contributed by atoms with Gasteiger partial charge in [0.2, 0.25) is 5.91 Å². The first-order valence-electron chi connectivity index (χ1n) is 13.5. The molecule has 7 nitrogen and oxygen atoms in total. The molecule has 3 aliphatic heterocycles. The Bertz CT molecular complexity index is 1060. The summed E-state index contributed by atoms with van der Waals surface area (Å²) in [6.45, 7) is 12.1. The van der Waals surface area contributed by atoms with E-state index in [-0.39, 0.29) is 5.41 Å². The highest BCUT2D eigenvalue weighted by Gasteiger charge is 2.44. The van der Waals surface area contributed by atoms with Gasteiger partial charge in [-0.1, -0.05) is 44.2 Å². The highest BCUT2D eigenvalue weighted by molar-refractivity contribution is 5.89. The molecule has 1 amide bonds. The van der Waals surface area contributed by atoms with Crippen LogP contribution in [0, 0.1) is 11.3 Å². The van der Waals surface area contributed by atoms with Crippen molar-refractivity contribution in [3.8, 4) is 0 Å². The SMILES string of the molecule is CC(C)CN1CCC2(CC1)CC(=O)N(Cc1ccc(CN(CC3=NC=CC3)Cc3ncc[nH]3)cc1)C2. The minimum absolute atomic E-state index is 0.189. The second-order valence-electron chi connectivity index (χ2n) is 11.4. The van der Waals surface area contributed by atoms with Crippen molar-refractivity contribution in [3.05, 3.63) is 65.9 Å². The van der Waals surface area contributed by atoms with Crippen LogP contribution in [0.2, 0.25) is 0 Å². The number of allylic oxidation sites excluding steroid dienone is 1. The largest absolute Gasteiger partial charge is 0.348 e. The first-order chi connectivity index (χ1) is 17.5. The fraction of sp³-hybridized carbons (Fsp3) is 0.552. The van der Waals surface area contributed by atoms with Gasteiger partial charge in [0.25, 0.3) is 0 Å². The molecule has 4 heterocycles. The van der Waals surface area contributed by atoms with Crippen LogP contribution in [-0.4, -0.2) is 69.0 Å². The van der Waals surface area contributed by atoms with Gasteiger partial charge in [0.15, 0.2) is 0 Å². The standard InChI is InChI=1S/C29H40N6O/c1-23(2)17-33-14-9-29(10-15-33)16-28(36)35(22-29)19-25-7-5-24(6-8-25)18-34(20-26-4-3-11-30-26)21-27-31-12-13-32-27/h3,5-8,11-13,23H,4,9-10,14-22H2,1-2H3,(H,31,32). The van der Waals surface area contributed by atoms with Crippen molar-refractivity contribution in [2.45, 2.75) is 59.2 Å². The molecule has 1 aromatic carbocycles. The van der Waals surface area contributed by atoms with E-state index >= 15 is 0 Å². The van der Waals surface area contributed by atoms with Crippen molar-refractivity contribution in [2.24, 2.45) is 16.3 Å². The smallest absolute Gasteiger partial charge is 0.223 e. The van der Waals surface area contributed by atoms with Crippen LogP contribution < -0.4 is 0 Å². The third kappa shape index (κ3) is 6.31. The maximum absolute atomic E-state index is 12.9. The lowest BCUT2D eigenvalue weighted by Gasteiger charge is -2.39. The van der Waals surface area contributed by atoms with Crippen LogP contribution in [0.15, 0.2) is 53.9 Å². The Morgan fingerprint density at radius 2 is 1.86 bits per heavy atom. The molecule has 0 atom stereocenters. The summed E-state index contributed by atoms with van der Waals surface area (Å²) in [5, 5.41) is 0. The van der Waals surface area contributed by atoms with Gasteiger partial charge >= 0.3 is 0 Å². The minimum atomic E-state index is 0.189. The molecule has 1 N–H and O–H groups in total. The van der Waals surface area contributed by atoms with Crippen LogP contribution in [0.3, 0.4) is 0 Å².